The number of rotatable bonds is 6. The van der Waals surface area contributed by atoms with E-state index < -0.39 is 11.9 Å². The lowest BCUT2D eigenvalue weighted by Gasteiger charge is -2.15. The minimum Gasteiger partial charge on any atom is -0.463 e. The molecule has 4 heteroatoms. The lowest BCUT2D eigenvalue weighted by atomic mass is 9.94. The first-order valence-corrected chi connectivity index (χ1v) is 6.04. The Labute approximate surface area is 103 Å². The summed E-state index contributed by atoms with van der Waals surface area (Å²) in [6.07, 6.45) is 0.769. The van der Waals surface area contributed by atoms with Gasteiger partial charge in [0.25, 0.3) is 0 Å². The number of carbonyl (C=O) groups excluding carboxylic acids is 2. The molecule has 0 aliphatic rings. The van der Waals surface area contributed by atoms with E-state index in [1.54, 1.807) is 20.8 Å². The van der Waals surface area contributed by atoms with Crippen LogP contribution >= 0.6 is 0 Å². The predicted octanol–water partition coefficient (Wildman–Crippen LogP) is 2.48. The van der Waals surface area contributed by atoms with Crippen LogP contribution in [-0.2, 0) is 19.1 Å². The van der Waals surface area contributed by atoms with E-state index in [1.165, 1.54) is 0 Å². The maximum Gasteiger partial charge on any atom is 0.334 e. The summed E-state index contributed by atoms with van der Waals surface area (Å²) >= 11 is 0. The zero-order chi connectivity index (χ0) is 13.4. The van der Waals surface area contributed by atoms with Crippen LogP contribution in [0, 0.1) is 5.92 Å². The molecule has 17 heavy (non-hydrogen) atoms. The van der Waals surface area contributed by atoms with Gasteiger partial charge in [0.1, 0.15) is 0 Å². The van der Waals surface area contributed by atoms with Crippen molar-refractivity contribution < 1.29 is 19.1 Å². The van der Waals surface area contributed by atoms with Crippen molar-refractivity contribution in [3.05, 3.63) is 11.1 Å². The van der Waals surface area contributed by atoms with E-state index in [0.29, 0.717) is 24.4 Å². The van der Waals surface area contributed by atoms with Gasteiger partial charge >= 0.3 is 11.9 Å². The number of ether oxygens (including phenoxy) is 2. The molecule has 0 saturated carbocycles. The van der Waals surface area contributed by atoms with E-state index in [2.05, 4.69) is 0 Å². The van der Waals surface area contributed by atoms with Gasteiger partial charge in [-0.3, -0.25) is 0 Å². The van der Waals surface area contributed by atoms with Gasteiger partial charge in [-0.15, -0.1) is 0 Å². The minimum absolute atomic E-state index is 0.0153. The van der Waals surface area contributed by atoms with Gasteiger partial charge in [-0.05, 0) is 33.1 Å². The van der Waals surface area contributed by atoms with Gasteiger partial charge in [0.05, 0.1) is 18.8 Å². The molecule has 4 nitrogen and oxygen atoms in total. The number of esters is 2. The third-order valence-electron chi connectivity index (χ3n) is 2.59. The van der Waals surface area contributed by atoms with Crippen molar-refractivity contribution in [2.24, 2.45) is 5.92 Å². The van der Waals surface area contributed by atoms with Crippen LogP contribution in [0.2, 0.25) is 0 Å². The zero-order valence-corrected chi connectivity index (χ0v) is 11.3. The van der Waals surface area contributed by atoms with E-state index in [4.69, 9.17) is 9.47 Å². The first-order chi connectivity index (χ1) is 7.99. The fourth-order valence-electron chi connectivity index (χ4n) is 1.49. The molecule has 1 atom stereocenters. The van der Waals surface area contributed by atoms with Gasteiger partial charge in [-0.25, -0.2) is 9.59 Å². The summed E-state index contributed by atoms with van der Waals surface area (Å²) in [6.45, 7) is 9.54. The molecule has 0 amide bonds. The highest BCUT2D eigenvalue weighted by atomic mass is 16.5. The average molecular weight is 242 g/mol. The molecule has 0 aromatic rings. The van der Waals surface area contributed by atoms with Crippen LogP contribution in [0.1, 0.15) is 41.0 Å². The Morgan fingerprint density at radius 1 is 1.00 bits per heavy atom. The van der Waals surface area contributed by atoms with Crippen LogP contribution in [0.25, 0.3) is 0 Å². The monoisotopic (exact) mass is 242 g/mol. The molecular weight excluding hydrogens is 220 g/mol. The Morgan fingerprint density at radius 2 is 1.47 bits per heavy atom. The summed E-state index contributed by atoms with van der Waals surface area (Å²) in [6, 6.07) is 0. The van der Waals surface area contributed by atoms with Crippen molar-refractivity contribution in [1.82, 2.24) is 0 Å². The first kappa shape index (κ1) is 15.7. The van der Waals surface area contributed by atoms with Crippen molar-refractivity contribution in [2.45, 2.75) is 41.0 Å². The third-order valence-corrected chi connectivity index (χ3v) is 2.59. The minimum atomic E-state index is -0.448. The molecule has 0 saturated heterocycles. The quantitative estimate of drug-likeness (QED) is 0.530. The van der Waals surface area contributed by atoms with Crippen molar-refractivity contribution >= 4 is 11.9 Å². The van der Waals surface area contributed by atoms with Crippen LogP contribution in [0.3, 0.4) is 0 Å². The van der Waals surface area contributed by atoms with Gasteiger partial charge in [-0.1, -0.05) is 13.8 Å². The van der Waals surface area contributed by atoms with Gasteiger partial charge in [-0.2, -0.15) is 0 Å². The summed E-state index contributed by atoms with van der Waals surface area (Å²) in [7, 11) is 0. The highest BCUT2D eigenvalue weighted by Gasteiger charge is 2.23. The molecule has 0 rings (SSSR count). The summed E-state index contributed by atoms with van der Waals surface area (Å²) in [4.78, 5) is 23.4. The Hall–Kier alpha value is -1.32. The van der Waals surface area contributed by atoms with Crippen LogP contribution < -0.4 is 0 Å². The molecule has 0 spiro atoms. The third kappa shape index (κ3) is 4.59. The molecule has 1 unspecified atom stereocenters. The van der Waals surface area contributed by atoms with E-state index in [1.807, 2.05) is 13.8 Å². The van der Waals surface area contributed by atoms with Crippen molar-refractivity contribution in [2.75, 3.05) is 13.2 Å². The Morgan fingerprint density at radius 3 is 1.88 bits per heavy atom. The van der Waals surface area contributed by atoms with Gasteiger partial charge in [0, 0.05) is 5.57 Å². The van der Waals surface area contributed by atoms with Gasteiger partial charge in [0.2, 0.25) is 0 Å². The number of carbonyl (C=O) groups is 2. The van der Waals surface area contributed by atoms with Gasteiger partial charge in [0.15, 0.2) is 0 Å². The van der Waals surface area contributed by atoms with Crippen LogP contribution in [0.15, 0.2) is 11.1 Å². The fourth-order valence-corrected chi connectivity index (χ4v) is 1.49. The van der Waals surface area contributed by atoms with Crippen molar-refractivity contribution in [3.63, 3.8) is 0 Å². The predicted molar refractivity (Wildman–Crippen MR) is 65.4 cm³/mol. The second-order valence-corrected chi connectivity index (χ2v) is 3.79. The Kier molecular flexibility index (Phi) is 7.26. The summed E-state index contributed by atoms with van der Waals surface area (Å²) in [5.41, 5.74) is 0.771. The molecular formula is C13H22O4. The molecule has 0 aliphatic carbocycles. The van der Waals surface area contributed by atoms with E-state index in [0.717, 1.165) is 6.42 Å². The normalized spacial score (nSPS) is 13.7. The number of hydrogen-bond donors (Lipinski definition) is 0. The molecule has 0 fully saturated rings. The van der Waals surface area contributed by atoms with Crippen LogP contribution in [-0.4, -0.2) is 25.2 Å². The molecule has 0 heterocycles. The van der Waals surface area contributed by atoms with E-state index in [9.17, 15) is 9.59 Å². The van der Waals surface area contributed by atoms with E-state index >= 15 is 0 Å². The SMILES string of the molecule is CCOC(=O)C(C)=C(C(=O)OCC)C(C)CC. The largest absolute Gasteiger partial charge is 0.463 e. The maximum atomic E-state index is 11.8. The standard InChI is InChI=1S/C13H22O4/c1-6-9(4)11(13(15)17-8-3)10(5)12(14)16-7-2/h9H,6-8H2,1-5H3. The Bertz CT molecular complexity index is 305. The second-order valence-electron chi connectivity index (χ2n) is 3.79. The lowest BCUT2D eigenvalue weighted by molar-refractivity contribution is -0.142. The molecule has 0 aromatic heterocycles. The van der Waals surface area contributed by atoms with E-state index in [-0.39, 0.29) is 5.92 Å². The van der Waals surface area contributed by atoms with Crippen LogP contribution in [0.5, 0.6) is 0 Å². The average Bonchev–Trinajstić information content (AvgIpc) is 2.29. The summed E-state index contributed by atoms with van der Waals surface area (Å²) in [5, 5.41) is 0. The Balaban J connectivity index is 5.20. The molecule has 0 N–H and O–H groups in total. The number of hydrogen-bond acceptors (Lipinski definition) is 4. The smallest absolute Gasteiger partial charge is 0.334 e. The molecule has 98 valence electrons. The molecule has 0 aliphatic heterocycles. The molecule has 0 radical (unpaired) electrons. The van der Waals surface area contributed by atoms with Crippen LogP contribution in [0.4, 0.5) is 0 Å². The highest BCUT2D eigenvalue weighted by molar-refractivity contribution is 6.00. The van der Waals surface area contributed by atoms with Crippen molar-refractivity contribution in [1.29, 1.82) is 0 Å². The fraction of sp³-hybridized carbons (Fsp3) is 0.692. The summed E-state index contributed by atoms with van der Waals surface area (Å²) < 4.78 is 9.87. The zero-order valence-electron chi connectivity index (χ0n) is 11.3. The second kappa shape index (κ2) is 7.87. The van der Waals surface area contributed by atoms with Gasteiger partial charge < -0.3 is 9.47 Å². The highest BCUT2D eigenvalue weighted by Crippen LogP contribution is 2.21. The first-order valence-electron chi connectivity index (χ1n) is 6.04. The molecule has 0 bridgehead atoms. The summed E-state index contributed by atoms with van der Waals surface area (Å²) in [5.74, 6) is -0.887. The topological polar surface area (TPSA) is 52.6 Å². The maximum absolute atomic E-state index is 11.8. The molecule has 0 aromatic carbocycles. The van der Waals surface area contributed by atoms with Crippen molar-refractivity contribution in [3.8, 4) is 0 Å². The lowest BCUT2D eigenvalue weighted by Crippen LogP contribution is -2.19.